The number of carbonyl (C=O) groups is 2. The quantitative estimate of drug-likeness (QED) is 0.844. The standard InChI is InChI=1S/C14H18BrNO3/c1-9(2)7-13(17)16-12(14(18)19)8-10-5-3-4-6-11(10)15/h3-6,9,12H,7-8H2,1-2H3,(H,16,17)(H,18,19)/t12-/m0/s1. The number of hydrogen-bond donors (Lipinski definition) is 2. The summed E-state index contributed by atoms with van der Waals surface area (Å²) < 4.78 is 0.847. The van der Waals surface area contributed by atoms with Crippen LogP contribution in [0.25, 0.3) is 0 Å². The third-order valence-corrected chi connectivity index (χ3v) is 3.38. The Morgan fingerprint density at radius 1 is 1.32 bits per heavy atom. The summed E-state index contributed by atoms with van der Waals surface area (Å²) in [6.45, 7) is 3.84. The molecule has 0 saturated heterocycles. The minimum Gasteiger partial charge on any atom is -0.480 e. The van der Waals surface area contributed by atoms with Gasteiger partial charge in [0.2, 0.25) is 5.91 Å². The normalized spacial score (nSPS) is 12.2. The fourth-order valence-electron chi connectivity index (χ4n) is 1.71. The Labute approximate surface area is 121 Å². The highest BCUT2D eigenvalue weighted by molar-refractivity contribution is 9.10. The van der Waals surface area contributed by atoms with E-state index in [1.165, 1.54) is 0 Å². The van der Waals surface area contributed by atoms with Crippen LogP contribution in [0.3, 0.4) is 0 Å². The zero-order valence-electron chi connectivity index (χ0n) is 11.0. The van der Waals surface area contributed by atoms with Gasteiger partial charge < -0.3 is 10.4 Å². The Kier molecular flexibility index (Phi) is 6.02. The number of hydrogen-bond acceptors (Lipinski definition) is 2. The molecule has 0 aromatic heterocycles. The molecule has 1 aromatic rings. The highest BCUT2D eigenvalue weighted by Gasteiger charge is 2.21. The predicted octanol–water partition coefficient (Wildman–Crippen LogP) is 2.61. The third-order valence-electron chi connectivity index (χ3n) is 2.61. The summed E-state index contributed by atoms with van der Waals surface area (Å²) in [6.07, 6.45) is 0.598. The lowest BCUT2D eigenvalue weighted by Gasteiger charge is -2.16. The van der Waals surface area contributed by atoms with Gasteiger partial charge in [-0.3, -0.25) is 4.79 Å². The topological polar surface area (TPSA) is 66.4 Å². The van der Waals surface area contributed by atoms with Crippen molar-refractivity contribution in [3.05, 3.63) is 34.3 Å². The average molecular weight is 328 g/mol. The monoisotopic (exact) mass is 327 g/mol. The number of benzene rings is 1. The van der Waals surface area contributed by atoms with E-state index in [1.54, 1.807) is 0 Å². The van der Waals surface area contributed by atoms with Gasteiger partial charge in [0.25, 0.3) is 0 Å². The third kappa shape index (κ3) is 5.42. The van der Waals surface area contributed by atoms with Crippen LogP contribution in [0.15, 0.2) is 28.7 Å². The highest BCUT2D eigenvalue weighted by atomic mass is 79.9. The van der Waals surface area contributed by atoms with Gasteiger partial charge in [-0.25, -0.2) is 4.79 Å². The molecular formula is C14H18BrNO3. The van der Waals surface area contributed by atoms with Crippen molar-refractivity contribution < 1.29 is 14.7 Å². The zero-order valence-corrected chi connectivity index (χ0v) is 12.6. The van der Waals surface area contributed by atoms with E-state index in [-0.39, 0.29) is 18.2 Å². The van der Waals surface area contributed by atoms with Gasteiger partial charge in [-0.15, -0.1) is 0 Å². The molecule has 5 heteroatoms. The van der Waals surface area contributed by atoms with Gasteiger partial charge in [-0.05, 0) is 17.5 Å². The largest absolute Gasteiger partial charge is 0.480 e. The Morgan fingerprint density at radius 2 is 1.95 bits per heavy atom. The Hall–Kier alpha value is -1.36. The predicted molar refractivity (Wildman–Crippen MR) is 76.9 cm³/mol. The fraction of sp³-hybridized carbons (Fsp3) is 0.429. The number of amides is 1. The first-order chi connectivity index (χ1) is 8.90. The van der Waals surface area contributed by atoms with Crippen LogP contribution >= 0.6 is 15.9 Å². The Balaban J connectivity index is 2.71. The van der Waals surface area contributed by atoms with E-state index in [2.05, 4.69) is 21.2 Å². The molecule has 19 heavy (non-hydrogen) atoms. The number of carboxylic acid groups (broad SMARTS) is 1. The number of rotatable bonds is 6. The minimum atomic E-state index is -1.02. The van der Waals surface area contributed by atoms with Crippen molar-refractivity contribution in [3.8, 4) is 0 Å². The maximum absolute atomic E-state index is 11.7. The lowest BCUT2D eigenvalue weighted by molar-refractivity contribution is -0.141. The zero-order chi connectivity index (χ0) is 14.4. The first-order valence-electron chi connectivity index (χ1n) is 6.15. The van der Waals surface area contributed by atoms with Gasteiger partial charge in [-0.2, -0.15) is 0 Å². The van der Waals surface area contributed by atoms with Crippen LogP contribution in [0.2, 0.25) is 0 Å². The molecule has 1 atom stereocenters. The molecule has 1 aromatic carbocycles. The van der Waals surface area contributed by atoms with Crippen LogP contribution in [0.5, 0.6) is 0 Å². The van der Waals surface area contributed by atoms with Crippen LogP contribution in [-0.4, -0.2) is 23.0 Å². The molecule has 0 unspecified atom stereocenters. The van der Waals surface area contributed by atoms with Gasteiger partial charge >= 0.3 is 5.97 Å². The van der Waals surface area contributed by atoms with Crippen molar-refractivity contribution in [1.29, 1.82) is 0 Å². The second kappa shape index (κ2) is 7.28. The summed E-state index contributed by atoms with van der Waals surface area (Å²) in [6, 6.07) is 6.50. The maximum Gasteiger partial charge on any atom is 0.326 e. The molecule has 0 radical (unpaired) electrons. The Bertz CT molecular complexity index is 460. The van der Waals surface area contributed by atoms with Crippen molar-refractivity contribution >= 4 is 27.8 Å². The molecule has 0 aliphatic rings. The molecule has 0 bridgehead atoms. The van der Waals surface area contributed by atoms with Crippen LogP contribution in [0.4, 0.5) is 0 Å². The summed E-state index contributed by atoms with van der Waals surface area (Å²) >= 11 is 3.37. The molecule has 1 rings (SSSR count). The minimum absolute atomic E-state index is 0.206. The summed E-state index contributed by atoms with van der Waals surface area (Å²) in [7, 11) is 0. The summed E-state index contributed by atoms with van der Waals surface area (Å²) in [5.74, 6) is -1.04. The molecule has 1 amide bonds. The van der Waals surface area contributed by atoms with Gasteiger partial charge in [0.05, 0.1) is 0 Å². The molecule has 0 heterocycles. The summed E-state index contributed by atoms with van der Waals surface area (Å²) in [4.78, 5) is 22.9. The van der Waals surface area contributed by atoms with E-state index >= 15 is 0 Å². The van der Waals surface area contributed by atoms with Crippen LogP contribution in [0.1, 0.15) is 25.8 Å². The van der Waals surface area contributed by atoms with Gasteiger partial charge in [0.15, 0.2) is 0 Å². The lowest BCUT2D eigenvalue weighted by Crippen LogP contribution is -2.42. The smallest absolute Gasteiger partial charge is 0.326 e. The lowest BCUT2D eigenvalue weighted by atomic mass is 10.0. The Morgan fingerprint density at radius 3 is 2.47 bits per heavy atom. The first-order valence-corrected chi connectivity index (χ1v) is 6.95. The molecule has 0 spiro atoms. The first kappa shape index (κ1) is 15.7. The van der Waals surface area contributed by atoms with Crippen molar-refractivity contribution in [3.63, 3.8) is 0 Å². The number of nitrogens with one attached hydrogen (secondary N) is 1. The maximum atomic E-state index is 11.7. The van der Waals surface area contributed by atoms with Gasteiger partial charge in [0.1, 0.15) is 6.04 Å². The van der Waals surface area contributed by atoms with E-state index in [9.17, 15) is 14.7 Å². The number of carboxylic acids is 1. The van der Waals surface area contributed by atoms with Gasteiger partial charge in [-0.1, -0.05) is 48.0 Å². The molecule has 2 N–H and O–H groups in total. The SMILES string of the molecule is CC(C)CC(=O)N[C@@H](Cc1ccccc1Br)C(=O)O. The van der Waals surface area contributed by atoms with E-state index in [0.717, 1.165) is 10.0 Å². The molecule has 4 nitrogen and oxygen atoms in total. The molecule has 0 aliphatic heterocycles. The van der Waals surface area contributed by atoms with E-state index in [4.69, 9.17) is 0 Å². The number of halogens is 1. The highest BCUT2D eigenvalue weighted by Crippen LogP contribution is 2.17. The molecule has 104 valence electrons. The van der Waals surface area contributed by atoms with Crippen LogP contribution in [0, 0.1) is 5.92 Å². The average Bonchev–Trinajstić information content (AvgIpc) is 2.29. The van der Waals surface area contributed by atoms with Crippen LogP contribution < -0.4 is 5.32 Å². The fourth-order valence-corrected chi connectivity index (χ4v) is 2.15. The number of carbonyl (C=O) groups excluding carboxylic acids is 1. The molecule has 0 aliphatic carbocycles. The molecule has 0 saturated carbocycles. The van der Waals surface area contributed by atoms with Crippen molar-refractivity contribution in [2.45, 2.75) is 32.7 Å². The van der Waals surface area contributed by atoms with E-state index in [1.807, 2.05) is 38.1 Å². The second-order valence-corrected chi connectivity index (χ2v) is 5.71. The van der Waals surface area contributed by atoms with Gasteiger partial charge in [0, 0.05) is 17.3 Å². The van der Waals surface area contributed by atoms with Crippen molar-refractivity contribution in [2.75, 3.05) is 0 Å². The van der Waals surface area contributed by atoms with E-state index in [0.29, 0.717) is 6.42 Å². The second-order valence-electron chi connectivity index (χ2n) is 4.85. The number of aliphatic carboxylic acids is 1. The molecule has 0 fully saturated rings. The van der Waals surface area contributed by atoms with Crippen molar-refractivity contribution in [2.24, 2.45) is 5.92 Å². The summed E-state index contributed by atoms with van der Waals surface area (Å²) in [5.41, 5.74) is 0.861. The molecular weight excluding hydrogens is 310 g/mol. The van der Waals surface area contributed by atoms with E-state index < -0.39 is 12.0 Å². The van der Waals surface area contributed by atoms with Crippen LogP contribution in [-0.2, 0) is 16.0 Å². The summed E-state index contributed by atoms with van der Waals surface area (Å²) in [5, 5.41) is 11.7. The van der Waals surface area contributed by atoms with Crippen molar-refractivity contribution in [1.82, 2.24) is 5.32 Å².